The standard InChI is InChI=1S/C12H19NO3/c1-9(2)5-4-6-10(3)7-12(15)16-8-11(13)14/h5,7H,4,6,8H2,1-3H3,(H2,13,14)/b10-7+. The average molecular weight is 225 g/mol. The van der Waals surface area contributed by atoms with E-state index in [1.54, 1.807) is 0 Å². The molecular formula is C12H19NO3. The van der Waals surface area contributed by atoms with Gasteiger partial charge in [-0.15, -0.1) is 0 Å². The van der Waals surface area contributed by atoms with Crippen molar-refractivity contribution in [3.8, 4) is 0 Å². The van der Waals surface area contributed by atoms with Crippen LogP contribution in [0.4, 0.5) is 0 Å². The van der Waals surface area contributed by atoms with Crippen molar-refractivity contribution in [1.82, 2.24) is 0 Å². The van der Waals surface area contributed by atoms with Gasteiger partial charge in [0.15, 0.2) is 6.61 Å². The van der Waals surface area contributed by atoms with Crippen molar-refractivity contribution in [2.24, 2.45) is 5.73 Å². The summed E-state index contributed by atoms with van der Waals surface area (Å²) in [5.41, 5.74) is 7.02. The summed E-state index contributed by atoms with van der Waals surface area (Å²) in [6.07, 6.45) is 5.19. The van der Waals surface area contributed by atoms with Gasteiger partial charge < -0.3 is 10.5 Å². The number of amides is 1. The maximum absolute atomic E-state index is 11.1. The number of primary amides is 1. The van der Waals surface area contributed by atoms with E-state index in [1.165, 1.54) is 11.6 Å². The van der Waals surface area contributed by atoms with Crippen LogP contribution in [0.1, 0.15) is 33.6 Å². The molecule has 0 aromatic carbocycles. The molecule has 0 aromatic heterocycles. The van der Waals surface area contributed by atoms with E-state index in [0.717, 1.165) is 18.4 Å². The highest BCUT2D eigenvalue weighted by Gasteiger charge is 2.01. The van der Waals surface area contributed by atoms with Gasteiger partial charge in [-0.1, -0.05) is 17.2 Å². The molecule has 0 aliphatic rings. The van der Waals surface area contributed by atoms with Crippen LogP contribution in [0.2, 0.25) is 0 Å². The van der Waals surface area contributed by atoms with Gasteiger partial charge in [0, 0.05) is 6.08 Å². The van der Waals surface area contributed by atoms with E-state index in [4.69, 9.17) is 5.73 Å². The molecule has 2 N–H and O–H groups in total. The number of rotatable bonds is 6. The van der Waals surface area contributed by atoms with Crippen LogP contribution in [0, 0.1) is 0 Å². The van der Waals surface area contributed by atoms with Crippen LogP contribution < -0.4 is 5.73 Å². The minimum atomic E-state index is -0.649. The second-order valence-corrected chi connectivity index (χ2v) is 3.88. The minimum absolute atomic E-state index is 0.364. The lowest BCUT2D eigenvalue weighted by atomic mass is 10.1. The Labute approximate surface area is 96.2 Å². The Morgan fingerprint density at radius 3 is 2.38 bits per heavy atom. The molecule has 0 rings (SSSR count). The Bertz CT molecular complexity index is 312. The molecule has 0 aliphatic heterocycles. The van der Waals surface area contributed by atoms with Gasteiger partial charge >= 0.3 is 5.97 Å². The molecule has 0 fully saturated rings. The Hall–Kier alpha value is -1.58. The zero-order valence-electron chi connectivity index (χ0n) is 10.1. The SMILES string of the molecule is CC(C)=CCC/C(C)=C/C(=O)OCC(N)=O. The van der Waals surface area contributed by atoms with Crippen molar-refractivity contribution in [1.29, 1.82) is 0 Å². The van der Waals surface area contributed by atoms with Crippen LogP contribution in [0.15, 0.2) is 23.3 Å². The van der Waals surface area contributed by atoms with Gasteiger partial charge in [0.1, 0.15) is 0 Å². The second kappa shape index (κ2) is 7.68. The molecule has 0 aromatic rings. The summed E-state index contributed by atoms with van der Waals surface area (Å²) in [6, 6.07) is 0. The van der Waals surface area contributed by atoms with Gasteiger partial charge in [-0.3, -0.25) is 4.79 Å². The van der Waals surface area contributed by atoms with Crippen molar-refractivity contribution in [3.05, 3.63) is 23.3 Å². The van der Waals surface area contributed by atoms with Gasteiger partial charge in [0.05, 0.1) is 0 Å². The lowest BCUT2D eigenvalue weighted by Crippen LogP contribution is -2.20. The van der Waals surface area contributed by atoms with Crippen molar-refractivity contribution >= 4 is 11.9 Å². The zero-order valence-corrected chi connectivity index (χ0v) is 10.1. The predicted octanol–water partition coefficient (Wildman–Crippen LogP) is 1.71. The summed E-state index contributed by atoms with van der Waals surface area (Å²) >= 11 is 0. The van der Waals surface area contributed by atoms with Crippen LogP contribution in [0.3, 0.4) is 0 Å². The van der Waals surface area contributed by atoms with E-state index in [2.05, 4.69) is 10.8 Å². The van der Waals surface area contributed by atoms with Gasteiger partial charge in [-0.25, -0.2) is 4.79 Å². The van der Waals surface area contributed by atoms with E-state index < -0.39 is 11.9 Å². The van der Waals surface area contributed by atoms with Crippen LogP contribution in [-0.2, 0) is 14.3 Å². The quantitative estimate of drug-likeness (QED) is 0.425. The summed E-state index contributed by atoms with van der Waals surface area (Å²) in [5, 5.41) is 0. The summed E-state index contributed by atoms with van der Waals surface area (Å²) < 4.78 is 4.60. The van der Waals surface area contributed by atoms with Crippen molar-refractivity contribution in [2.75, 3.05) is 6.61 Å². The number of esters is 1. The van der Waals surface area contributed by atoms with Crippen LogP contribution in [0.5, 0.6) is 0 Å². The normalized spacial score (nSPS) is 10.8. The van der Waals surface area contributed by atoms with E-state index in [-0.39, 0.29) is 6.61 Å². The third-order valence-corrected chi connectivity index (χ3v) is 1.81. The molecule has 0 saturated heterocycles. The van der Waals surface area contributed by atoms with Crippen molar-refractivity contribution in [3.63, 3.8) is 0 Å². The van der Waals surface area contributed by atoms with E-state index in [9.17, 15) is 9.59 Å². The zero-order chi connectivity index (χ0) is 12.6. The van der Waals surface area contributed by atoms with Crippen LogP contribution in [-0.4, -0.2) is 18.5 Å². The third kappa shape index (κ3) is 8.99. The smallest absolute Gasteiger partial charge is 0.331 e. The minimum Gasteiger partial charge on any atom is -0.452 e. The first-order chi connectivity index (χ1) is 7.41. The Morgan fingerprint density at radius 2 is 1.88 bits per heavy atom. The van der Waals surface area contributed by atoms with Crippen LogP contribution in [0.25, 0.3) is 0 Å². The first-order valence-corrected chi connectivity index (χ1v) is 5.17. The molecule has 0 aliphatic carbocycles. The van der Waals surface area contributed by atoms with E-state index >= 15 is 0 Å². The van der Waals surface area contributed by atoms with Gasteiger partial charge in [0.2, 0.25) is 0 Å². The molecule has 1 amide bonds. The monoisotopic (exact) mass is 225 g/mol. The predicted molar refractivity (Wildman–Crippen MR) is 62.6 cm³/mol. The maximum atomic E-state index is 11.1. The number of allylic oxidation sites excluding steroid dienone is 3. The Balaban J connectivity index is 3.97. The summed E-state index contributed by atoms with van der Waals surface area (Å²) in [5.74, 6) is -1.17. The maximum Gasteiger partial charge on any atom is 0.331 e. The van der Waals surface area contributed by atoms with E-state index in [1.807, 2.05) is 20.8 Å². The molecule has 90 valence electrons. The largest absolute Gasteiger partial charge is 0.452 e. The van der Waals surface area contributed by atoms with E-state index in [0.29, 0.717) is 0 Å². The molecule has 0 radical (unpaired) electrons. The number of carbonyl (C=O) groups is 2. The highest BCUT2D eigenvalue weighted by Crippen LogP contribution is 2.06. The van der Waals surface area contributed by atoms with Gasteiger partial charge in [0.25, 0.3) is 5.91 Å². The number of hydrogen-bond acceptors (Lipinski definition) is 3. The number of hydrogen-bond donors (Lipinski definition) is 1. The average Bonchev–Trinajstić information content (AvgIpc) is 2.14. The molecule has 4 heteroatoms. The summed E-state index contributed by atoms with van der Waals surface area (Å²) in [6.45, 7) is 5.54. The second-order valence-electron chi connectivity index (χ2n) is 3.88. The van der Waals surface area contributed by atoms with Crippen LogP contribution >= 0.6 is 0 Å². The fourth-order valence-corrected chi connectivity index (χ4v) is 1.05. The number of nitrogens with two attached hydrogens (primary N) is 1. The molecule has 0 heterocycles. The van der Waals surface area contributed by atoms with Gasteiger partial charge in [-0.2, -0.15) is 0 Å². The molecule has 0 spiro atoms. The Kier molecular flexibility index (Phi) is 6.92. The molecular weight excluding hydrogens is 206 g/mol. The molecule has 4 nitrogen and oxygen atoms in total. The fraction of sp³-hybridized carbons (Fsp3) is 0.500. The van der Waals surface area contributed by atoms with Crippen molar-refractivity contribution < 1.29 is 14.3 Å². The van der Waals surface area contributed by atoms with Gasteiger partial charge in [-0.05, 0) is 33.6 Å². The number of carbonyl (C=O) groups excluding carboxylic acids is 2. The first-order valence-electron chi connectivity index (χ1n) is 5.17. The molecule has 0 saturated carbocycles. The fourth-order valence-electron chi connectivity index (χ4n) is 1.05. The topological polar surface area (TPSA) is 69.4 Å². The highest BCUT2D eigenvalue weighted by atomic mass is 16.5. The summed E-state index contributed by atoms with van der Waals surface area (Å²) in [4.78, 5) is 21.5. The lowest BCUT2D eigenvalue weighted by Gasteiger charge is -2.00. The Morgan fingerprint density at radius 1 is 1.25 bits per heavy atom. The number of ether oxygens (including phenoxy) is 1. The van der Waals surface area contributed by atoms with Crippen molar-refractivity contribution in [2.45, 2.75) is 33.6 Å². The third-order valence-electron chi connectivity index (χ3n) is 1.81. The first kappa shape index (κ1) is 14.4. The summed E-state index contributed by atoms with van der Waals surface area (Å²) in [7, 11) is 0. The molecule has 0 bridgehead atoms. The molecule has 0 unspecified atom stereocenters. The molecule has 16 heavy (non-hydrogen) atoms. The molecule has 0 atom stereocenters. The lowest BCUT2D eigenvalue weighted by molar-refractivity contribution is -0.142. The highest BCUT2D eigenvalue weighted by molar-refractivity contribution is 5.85.